The number of hydrogen-bond acceptors (Lipinski definition) is 3. The van der Waals surface area contributed by atoms with Gasteiger partial charge in [0.25, 0.3) is 0 Å². The van der Waals surface area contributed by atoms with Gasteiger partial charge in [-0.1, -0.05) is 12.1 Å². The van der Waals surface area contributed by atoms with E-state index < -0.39 is 0 Å². The Morgan fingerprint density at radius 2 is 1.80 bits per heavy atom. The first kappa shape index (κ1) is 19.4. The average molecular weight is 349 g/mol. The highest BCUT2D eigenvalue weighted by Gasteiger charge is 2.23. The van der Waals surface area contributed by atoms with Crippen molar-refractivity contribution in [2.45, 2.75) is 26.7 Å². The number of piperazine rings is 1. The highest BCUT2D eigenvalue weighted by molar-refractivity contribution is 5.78. The molecule has 0 aliphatic carbocycles. The Balaban J connectivity index is 1.74. The van der Waals surface area contributed by atoms with Crippen molar-refractivity contribution in [1.29, 1.82) is 0 Å². The number of benzene rings is 1. The smallest absolute Gasteiger partial charge is 0.236 e. The molecule has 0 N–H and O–H groups in total. The molecule has 1 heterocycles. The van der Waals surface area contributed by atoms with Crippen molar-refractivity contribution in [2.75, 3.05) is 45.8 Å². The zero-order valence-corrected chi connectivity index (χ0v) is 15.2. The standard InChI is InChI=1S/C19H28FN3O2/c1-3-22(4-2)19(25)15-21-10-12-23(13-11-21)18(24)9-8-16-6-5-7-17(20)14-16/h5-7,14H,3-4,8-13,15H2,1-2H3. The zero-order valence-electron chi connectivity index (χ0n) is 15.2. The van der Waals surface area contributed by atoms with Gasteiger partial charge in [0.2, 0.25) is 11.8 Å². The Morgan fingerprint density at radius 1 is 1.12 bits per heavy atom. The third-order valence-electron chi connectivity index (χ3n) is 4.72. The highest BCUT2D eigenvalue weighted by Crippen LogP contribution is 2.10. The van der Waals surface area contributed by atoms with E-state index >= 15 is 0 Å². The predicted molar refractivity (Wildman–Crippen MR) is 95.7 cm³/mol. The fourth-order valence-electron chi connectivity index (χ4n) is 3.12. The summed E-state index contributed by atoms with van der Waals surface area (Å²) in [5.41, 5.74) is 0.844. The van der Waals surface area contributed by atoms with E-state index in [4.69, 9.17) is 0 Å². The molecule has 0 atom stereocenters. The summed E-state index contributed by atoms with van der Waals surface area (Å²) in [6, 6.07) is 6.39. The summed E-state index contributed by atoms with van der Waals surface area (Å²) in [7, 11) is 0. The molecule has 1 aliphatic rings. The minimum Gasteiger partial charge on any atom is -0.342 e. The Labute approximate surface area is 149 Å². The van der Waals surface area contributed by atoms with Gasteiger partial charge in [-0.05, 0) is 38.0 Å². The number of nitrogens with zero attached hydrogens (tertiary/aromatic N) is 3. The van der Waals surface area contributed by atoms with Gasteiger partial charge in [-0.2, -0.15) is 0 Å². The molecule has 1 fully saturated rings. The molecule has 0 radical (unpaired) electrons. The van der Waals surface area contributed by atoms with Crippen LogP contribution in [-0.2, 0) is 16.0 Å². The molecule has 138 valence electrons. The Morgan fingerprint density at radius 3 is 2.40 bits per heavy atom. The molecule has 1 aliphatic heterocycles. The minimum atomic E-state index is -0.267. The van der Waals surface area contributed by atoms with Crippen LogP contribution in [-0.4, -0.2) is 72.3 Å². The summed E-state index contributed by atoms with van der Waals surface area (Å²) in [6.07, 6.45) is 0.944. The van der Waals surface area contributed by atoms with Gasteiger partial charge in [-0.15, -0.1) is 0 Å². The lowest BCUT2D eigenvalue weighted by Crippen LogP contribution is -2.51. The van der Waals surface area contributed by atoms with E-state index in [1.54, 1.807) is 6.07 Å². The van der Waals surface area contributed by atoms with Gasteiger partial charge < -0.3 is 9.80 Å². The lowest BCUT2D eigenvalue weighted by atomic mass is 10.1. The topological polar surface area (TPSA) is 43.9 Å². The van der Waals surface area contributed by atoms with E-state index in [-0.39, 0.29) is 17.6 Å². The summed E-state index contributed by atoms with van der Waals surface area (Å²) in [5.74, 6) is -0.0219. The van der Waals surface area contributed by atoms with Crippen LogP contribution in [0.25, 0.3) is 0 Å². The molecule has 25 heavy (non-hydrogen) atoms. The fourth-order valence-corrected chi connectivity index (χ4v) is 3.12. The SMILES string of the molecule is CCN(CC)C(=O)CN1CCN(C(=O)CCc2cccc(F)c2)CC1. The third-order valence-corrected chi connectivity index (χ3v) is 4.72. The quantitative estimate of drug-likeness (QED) is 0.754. The summed E-state index contributed by atoms with van der Waals surface area (Å²) in [5, 5.41) is 0. The molecule has 2 amide bonds. The molecule has 0 unspecified atom stereocenters. The number of rotatable bonds is 7. The van der Waals surface area contributed by atoms with Gasteiger partial charge in [0.05, 0.1) is 6.54 Å². The van der Waals surface area contributed by atoms with Crippen LogP contribution in [0.1, 0.15) is 25.8 Å². The van der Waals surface area contributed by atoms with Crippen molar-refractivity contribution in [2.24, 2.45) is 0 Å². The molecular formula is C19H28FN3O2. The Bertz CT molecular complexity index is 582. The zero-order chi connectivity index (χ0) is 18.2. The van der Waals surface area contributed by atoms with Gasteiger partial charge in [0, 0.05) is 45.7 Å². The monoisotopic (exact) mass is 349 g/mol. The molecular weight excluding hydrogens is 321 g/mol. The predicted octanol–water partition coefficient (Wildman–Crippen LogP) is 1.77. The minimum absolute atomic E-state index is 0.0963. The van der Waals surface area contributed by atoms with E-state index in [0.29, 0.717) is 32.5 Å². The second kappa shape index (κ2) is 9.51. The molecule has 0 spiro atoms. The number of halogens is 1. The molecule has 0 aromatic heterocycles. The molecule has 1 saturated heterocycles. The van der Waals surface area contributed by atoms with Crippen molar-refractivity contribution >= 4 is 11.8 Å². The highest BCUT2D eigenvalue weighted by atomic mass is 19.1. The Hall–Kier alpha value is -1.95. The lowest BCUT2D eigenvalue weighted by molar-refractivity contribution is -0.135. The van der Waals surface area contributed by atoms with Crippen molar-refractivity contribution < 1.29 is 14.0 Å². The maximum atomic E-state index is 13.2. The van der Waals surface area contributed by atoms with Crippen molar-refractivity contribution in [1.82, 2.24) is 14.7 Å². The van der Waals surface area contributed by atoms with Crippen molar-refractivity contribution in [3.8, 4) is 0 Å². The van der Waals surface area contributed by atoms with Crippen molar-refractivity contribution in [3.63, 3.8) is 0 Å². The molecule has 1 aromatic rings. The number of amides is 2. The van der Waals surface area contributed by atoms with Crippen LogP contribution >= 0.6 is 0 Å². The number of carbonyl (C=O) groups excluding carboxylic acids is 2. The van der Waals surface area contributed by atoms with Crippen LogP contribution < -0.4 is 0 Å². The number of carbonyl (C=O) groups is 2. The van der Waals surface area contributed by atoms with E-state index in [2.05, 4.69) is 4.90 Å². The molecule has 0 saturated carbocycles. The lowest BCUT2D eigenvalue weighted by Gasteiger charge is -2.35. The largest absolute Gasteiger partial charge is 0.342 e. The van der Waals surface area contributed by atoms with Crippen LogP contribution in [0.4, 0.5) is 4.39 Å². The van der Waals surface area contributed by atoms with Crippen LogP contribution in [0.3, 0.4) is 0 Å². The average Bonchev–Trinajstić information content (AvgIpc) is 2.61. The van der Waals surface area contributed by atoms with E-state index in [9.17, 15) is 14.0 Å². The van der Waals surface area contributed by atoms with E-state index in [1.807, 2.05) is 29.7 Å². The molecule has 0 bridgehead atoms. The number of aryl methyl sites for hydroxylation is 1. The first-order valence-corrected chi connectivity index (χ1v) is 9.05. The summed E-state index contributed by atoms with van der Waals surface area (Å²) in [6.45, 7) is 8.58. The number of hydrogen-bond donors (Lipinski definition) is 0. The van der Waals surface area contributed by atoms with E-state index in [1.165, 1.54) is 12.1 Å². The second-order valence-corrected chi connectivity index (χ2v) is 6.35. The summed E-state index contributed by atoms with van der Waals surface area (Å²) >= 11 is 0. The molecule has 5 nitrogen and oxygen atoms in total. The van der Waals surface area contributed by atoms with Gasteiger partial charge in [0.1, 0.15) is 5.82 Å². The maximum absolute atomic E-state index is 13.2. The van der Waals surface area contributed by atoms with Crippen LogP contribution in [0, 0.1) is 5.82 Å². The first-order valence-electron chi connectivity index (χ1n) is 9.05. The fraction of sp³-hybridized carbons (Fsp3) is 0.579. The van der Waals surface area contributed by atoms with Gasteiger partial charge in [-0.3, -0.25) is 14.5 Å². The first-order chi connectivity index (χ1) is 12.0. The summed E-state index contributed by atoms with van der Waals surface area (Å²) < 4.78 is 13.2. The van der Waals surface area contributed by atoms with Gasteiger partial charge >= 0.3 is 0 Å². The summed E-state index contributed by atoms with van der Waals surface area (Å²) in [4.78, 5) is 30.3. The van der Waals surface area contributed by atoms with Gasteiger partial charge in [-0.25, -0.2) is 4.39 Å². The van der Waals surface area contributed by atoms with Gasteiger partial charge in [0.15, 0.2) is 0 Å². The second-order valence-electron chi connectivity index (χ2n) is 6.35. The van der Waals surface area contributed by atoms with Crippen molar-refractivity contribution in [3.05, 3.63) is 35.6 Å². The molecule has 2 rings (SSSR count). The van der Waals surface area contributed by atoms with E-state index in [0.717, 1.165) is 31.7 Å². The Kier molecular flexibility index (Phi) is 7.37. The molecule has 6 heteroatoms. The van der Waals surface area contributed by atoms with Crippen LogP contribution in [0.15, 0.2) is 24.3 Å². The third kappa shape index (κ3) is 5.81. The number of likely N-dealkylation sites (N-methyl/N-ethyl adjacent to an activating group) is 1. The van der Waals surface area contributed by atoms with Crippen LogP contribution in [0.5, 0.6) is 0 Å². The molecule has 1 aromatic carbocycles. The van der Waals surface area contributed by atoms with Crippen LogP contribution in [0.2, 0.25) is 0 Å². The maximum Gasteiger partial charge on any atom is 0.236 e. The normalized spacial score (nSPS) is 15.2.